The average molecular weight is 455 g/mol. The van der Waals surface area contributed by atoms with Crippen LogP contribution in [0.4, 0.5) is 5.69 Å². The molecular weight excluding hydrogens is 420 g/mol. The third kappa shape index (κ3) is 6.28. The minimum absolute atomic E-state index is 0.517. The lowest BCUT2D eigenvalue weighted by atomic mass is 9.95. The largest absolute Gasteiger partial charge is 0.497 e. The predicted molar refractivity (Wildman–Crippen MR) is 129 cm³/mol. The minimum Gasteiger partial charge on any atom is -0.497 e. The molecule has 1 aromatic carbocycles. The van der Waals surface area contributed by atoms with Crippen LogP contribution in [0.3, 0.4) is 0 Å². The molecule has 0 unspecified atom stereocenters. The van der Waals surface area contributed by atoms with Gasteiger partial charge in [0.25, 0.3) is 0 Å². The van der Waals surface area contributed by atoms with E-state index in [9.17, 15) is 0 Å². The van der Waals surface area contributed by atoms with E-state index in [1.165, 1.54) is 44.9 Å². The molecular formula is C24H34N6OS. The molecule has 1 N–H and O–H groups in total. The lowest BCUT2D eigenvalue weighted by Gasteiger charge is -2.25. The molecule has 0 radical (unpaired) electrons. The number of aromatic nitrogens is 5. The number of unbranched alkanes of at least 4 members (excludes halogenated alkanes) is 2. The maximum absolute atomic E-state index is 5.34. The van der Waals surface area contributed by atoms with Crippen molar-refractivity contribution in [2.75, 3.05) is 18.2 Å². The number of methoxy groups -OCH3 is 1. The van der Waals surface area contributed by atoms with Crippen molar-refractivity contribution >= 4 is 17.4 Å². The lowest BCUT2D eigenvalue weighted by Crippen LogP contribution is -2.18. The fourth-order valence-corrected chi connectivity index (χ4v) is 5.32. The molecule has 4 rings (SSSR count). The van der Waals surface area contributed by atoms with Crippen LogP contribution in [0.1, 0.15) is 63.2 Å². The summed E-state index contributed by atoms with van der Waals surface area (Å²) in [7, 11) is 1.69. The Labute approximate surface area is 195 Å². The summed E-state index contributed by atoms with van der Waals surface area (Å²) in [6.45, 7) is 1.66. The number of anilines is 1. The van der Waals surface area contributed by atoms with Gasteiger partial charge < -0.3 is 14.6 Å². The van der Waals surface area contributed by atoms with Crippen LogP contribution in [0.2, 0.25) is 0 Å². The number of thioether (sulfide) groups is 1. The Balaban J connectivity index is 1.34. The highest BCUT2D eigenvalue weighted by molar-refractivity contribution is 7.99. The van der Waals surface area contributed by atoms with Gasteiger partial charge in [-0.25, -0.2) is 0 Å². The molecule has 0 atom stereocenters. The van der Waals surface area contributed by atoms with E-state index in [-0.39, 0.29) is 0 Å². The first kappa shape index (κ1) is 22.7. The Morgan fingerprint density at radius 3 is 2.81 bits per heavy atom. The Hall–Kier alpha value is -2.48. The average Bonchev–Trinajstić information content (AvgIpc) is 3.50. The summed E-state index contributed by atoms with van der Waals surface area (Å²) in [5, 5.41) is 18.0. The van der Waals surface area contributed by atoms with Gasteiger partial charge in [-0.3, -0.25) is 4.68 Å². The van der Waals surface area contributed by atoms with Crippen LogP contribution in [-0.4, -0.2) is 37.4 Å². The summed E-state index contributed by atoms with van der Waals surface area (Å²) in [6, 6.07) is 10.5. The van der Waals surface area contributed by atoms with Gasteiger partial charge in [-0.15, -0.1) is 10.2 Å². The third-order valence-corrected chi connectivity index (χ3v) is 7.05. The van der Waals surface area contributed by atoms with Crippen molar-refractivity contribution in [2.45, 2.75) is 75.7 Å². The van der Waals surface area contributed by atoms with Crippen molar-refractivity contribution in [3.8, 4) is 5.75 Å². The molecule has 3 aromatic rings. The SMILES string of the molecule is COc1cccc(NCc2nnc(SCCCCCn3cccn3)n2C2CCCCC2)c1. The summed E-state index contributed by atoms with van der Waals surface area (Å²) < 4.78 is 9.77. The summed E-state index contributed by atoms with van der Waals surface area (Å²) in [6.07, 6.45) is 13.8. The highest BCUT2D eigenvalue weighted by Gasteiger charge is 2.22. The van der Waals surface area contributed by atoms with Gasteiger partial charge >= 0.3 is 0 Å². The fraction of sp³-hybridized carbons (Fsp3) is 0.542. The van der Waals surface area contributed by atoms with Crippen LogP contribution in [0, 0.1) is 0 Å². The van der Waals surface area contributed by atoms with E-state index in [1.54, 1.807) is 7.11 Å². The molecule has 1 aliphatic rings. The van der Waals surface area contributed by atoms with Gasteiger partial charge in [0.05, 0.1) is 13.7 Å². The second-order valence-corrected chi connectivity index (χ2v) is 9.39. The zero-order chi connectivity index (χ0) is 22.0. The fourth-order valence-electron chi connectivity index (χ4n) is 4.30. The molecule has 2 aromatic heterocycles. The summed E-state index contributed by atoms with van der Waals surface area (Å²) in [5.41, 5.74) is 1.04. The molecule has 1 saturated carbocycles. The number of nitrogens with one attached hydrogen (secondary N) is 1. The number of benzene rings is 1. The molecule has 1 aliphatic carbocycles. The molecule has 172 valence electrons. The Morgan fingerprint density at radius 2 is 2.00 bits per heavy atom. The quantitative estimate of drug-likeness (QED) is 0.285. The van der Waals surface area contributed by atoms with E-state index in [0.29, 0.717) is 12.6 Å². The Bertz CT molecular complexity index is 936. The predicted octanol–water partition coefficient (Wildman–Crippen LogP) is 5.56. The van der Waals surface area contributed by atoms with Crippen molar-refractivity contribution in [3.05, 3.63) is 48.5 Å². The van der Waals surface area contributed by atoms with E-state index in [4.69, 9.17) is 4.74 Å². The number of hydrogen-bond acceptors (Lipinski definition) is 6. The zero-order valence-electron chi connectivity index (χ0n) is 18.9. The van der Waals surface area contributed by atoms with E-state index in [1.807, 2.05) is 53.1 Å². The summed E-state index contributed by atoms with van der Waals surface area (Å²) in [5.74, 6) is 2.96. The van der Waals surface area contributed by atoms with Gasteiger partial charge in [0.2, 0.25) is 0 Å². The van der Waals surface area contributed by atoms with Crippen molar-refractivity contribution in [1.82, 2.24) is 24.5 Å². The van der Waals surface area contributed by atoms with Gasteiger partial charge in [-0.2, -0.15) is 5.10 Å². The van der Waals surface area contributed by atoms with Crippen LogP contribution >= 0.6 is 11.8 Å². The number of nitrogens with zero attached hydrogens (tertiary/aromatic N) is 5. The highest BCUT2D eigenvalue weighted by atomic mass is 32.2. The van der Waals surface area contributed by atoms with Gasteiger partial charge in [-0.1, -0.05) is 43.5 Å². The van der Waals surface area contributed by atoms with E-state index >= 15 is 0 Å². The van der Waals surface area contributed by atoms with Gasteiger partial charge in [0.15, 0.2) is 11.0 Å². The first-order valence-corrected chi connectivity index (χ1v) is 12.7. The van der Waals surface area contributed by atoms with Crippen molar-refractivity contribution < 1.29 is 4.74 Å². The second kappa shape index (κ2) is 11.9. The molecule has 0 spiro atoms. The molecule has 7 nitrogen and oxygen atoms in total. The van der Waals surface area contributed by atoms with Crippen LogP contribution in [0.25, 0.3) is 0 Å². The standard InChI is InChI=1S/C24H34N6OS/c1-31-22-13-8-10-20(18-22)25-19-23-27-28-24(30(23)21-11-4-2-5-12-21)32-17-7-3-6-15-29-16-9-14-26-29/h8-10,13-14,16,18,21,25H,2-7,11-12,15,17,19H2,1H3. The molecule has 0 amide bonds. The van der Waals surface area contributed by atoms with Crippen LogP contribution in [0.15, 0.2) is 47.9 Å². The number of ether oxygens (including phenoxy) is 1. The number of rotatable bonds is 12. The van der Waals surface area contributed by atoms with Crippen molar-refractivity contribution in [3.63, 3.8) is 0 Å². The third-order valence-electron chi connectivity index (χ3n) is 6.02. The first-order chi connectivity index (χ1) is 15.8. The summed E-state index contributed by atoms with van der Waals surface area (Å²) >= 11 is 1.86. The van der Waals surface area contributed by atoms with Gasteiger partial charge in [0.1, 0.15) is 5.75 Å². The number of aryl methyl sites for hydroxylation is 1. The monoisotopic (exact) mass is 454 g/mol. The normalized spacial score (nSPS) is 14.5. The van der Waals surface area contributed by atoms with Gasteiger partial charge in [-0.05, 0) is 43.9 Å². The first-order valence-electron chi connectivity index (χ1n) is 11.8. The maximum atomic E-state index is 5.34. The van der Waals surface area contributed by atoms with E-state index in [2.05, 4.69) is 31.2 Å². The highest BCUT2D eigenvalue weighted by Crippen LogP contribution is 2.33. The van der Waals surface area contributed by atoms with Crippen LogP contribution in [0.5, 0.6) is 5.75 Å². The van der Waals surface area contributed by atoms with Crippen LogP contribution in [-0.2, 0) is 13.1 Å². The molecule has 1 fully saturated rings. The Morgan fingerprint density at radius 1 is 1.09 bits per heavy atom. The Kier molecular flexibility index (Phi) is 8.48. The number of hydrogen-bond donors (Lipinski definition) is 1. The molecule has 0 saturated heterocycles. The molecule has 8 heteroatoms. The zero-order valence-corrected chi connectivity index (χ0v) is 19.8. The maximum Gasteiger partial charge on any atom is 0.191 e. The summed E-state index contributed by atoms with van der Waals surface area (Å²) in [4.78, 5) is 0. The molecule has 32 heavy (non-hydrogen) atoms. The lowest BCUT2D eigenvalue weighted by molar-refractivity contribution is 0.330. The molecule has 0 aliphatic heterocycles. The smallest absolute Gasteiger partial charge is 0.191 e. The van der Waals surface area contributed by atoms with Crippen LogP contribution < -0.4 is 10.1 Å². The van der Waals surface area contributed by atoms with E-state index < -0.39 is 0 Å². The van der Waals surface area contributed by atoms with Crippen molar-refractivity contribution in [2.24, 2.45) is 0 Å². The van der Waals surface area contributed by atoms with Crippen molar-refractivity contribution in [1.29, 1.82) is 0 Å². The second-order valence-electron chi connectivity index (χ2n) is 8.32. The molecule has 0 bridgehead atoms. The van der Waals surface area contributed by atoms with E-state index in [0.717, 1.165) is 41.1 Å². The minimum atomic E-state index is 0.517. The molecule has 2 heterocycles. The van der Waals surface area contributed by atoms with Gasteiger partial charge in [0, 0.05) is 42.5 Å². The topological polar surface area (TPSA) is 69.8 Å².